The SMILES string of the molecule is CC1=CNC(Br)C(O)=C1. The summed E-state index contributed by atoms with van der Waals surface area (Å²) in [5.74, 6) is 0.329. The molecule has 9 heavy (non-hydrogen) atoms. The zero-order valence-electron chi connectivity index (χ0n) is 5.06. The van der Waals surface area contributed by atoms with Gasteiger partial charge in [0.05, 0.1) is 0 Å². The highest BCUT2D eigenvalue weighted by atomic mass is 79.9. The molecule has 0 radical (unpaired) electrons. The predicted molar refractivity (Wildman–Crippen MR) is 40.3 cm³/mol. The van der Waals surface area contributed by atoms with Gasteiger partial charge in [-0.2, -0.15) is 0 Å². The second-order valence-corrected chi connectivity index (χ2v) is 2.90. The second-order valence-electron chi connectivity index (χ2n) is 1.99. The van der Waals surface area contributed by atoms with Crippen LogP contribution in [0.5, 0.6) is 0 Å². The zero-order chi connectivity index (χ0) is 6.85. The van der Waals surface area contributed by atoms with E-state index in [0.717, 1.165) is 5.57 Å². The summed E-state index contributed by atoms with van der Waals surface area (Å²) in [4.78, 5) is -0.110. The summed E-state index contributed by atoms with van der Waals surface area (Å²) in [6, 6.07) is 0. The van der Waals surface area contributed by atoms with Crippen LogP contribution in [0.2, 0.25) is 0 Å². The smallest absolute Gasteiger partial charge is 0.139 e. The van der Waals surface area contributed by atoms with Crippen LogP contribution in [0.4, 0.5) is 0 Å². The van der Waals surface area contributed by atoms with Crippen LogP contribution < -0.4 is 5.32 Å². The minimum Gasteiger partial charge on any atom is -0.509 e. The van der Waals surface area contributed by atoms with E-state index in [0.29, 0.717) is 5.76 Å². The summed E-state index contributed by atoms with van der Waals surface area (Å²) in [7, 11) is 0. The Morgan fingerprint density at radius 3 is 2.89 bits per heavy atom. The molecule has 0 amide bonds. The lowest BCUT2D eigenvalue weighted by molar-refractivity contribution is 0.385. The first kappa shape index (κ1) is 6.68. The number of hydrogen-bond donors (Lipinski definition) is 2. The fraction of sp³-hybridized carbons (Fsp3) is 0.333. The van der Waals surface area contributed by atoms with Crippen molar-refractivity contribution in [2.45, 2.75) is 11.9 Å². The maximum atomic E-state index is 9.06. The van der Waals surface area contributed by atoms with Gasteiger partial charge in [0.15, 0.2) is 0 Å². The molecular weight excluding hydrogens is 182 g/mol. The summed E-state index contributed by atoms with van der Waals surface area (Å²) < 4.78 is 0. The van der Waals surface area contributed by atoms with Crippen LogP contribution in [0.25, 0.3) is 0 Å². The average molecular weight is 190 g/mol. The van der Waals surface area contributed by atoms with E-state index in [-0.39, 0.29) is 4.95 Å². The van der Waals surface area contributed by atoms with Gasteiger partial charge in [-0.25, -0.2) is 0 Å². The van der Waals surface area contributed by atoms with Crippen LogP contribution in [0.1, 0.15) is 6.92 Å². The molecule has 2 nitrogen and oxygen atoms in total. The number of hydrogen-bond acceptors (Lipinski definition) is 2. The van der Waals surface area contributed by atoms with Crippen molar-refractivity contribution in [1.29, 1.82) is 0 Å². The van der Waals surface area contributed by atoms with Gasteiger partial charge in [-0.15, -0.1) is 0 Å². The van der Waals surface area contributed by atoms with E-state index in [4.69, 9.17) is 5.11 Å². The normalized spacial score (nSPS) is 26.2. The standard InChI is InChI=1S/C6H8BrNO/c1-4-2-5(9)6(7)8-3-4/h2-3,6,8-9H,1H3. The molecule has 0 spiro atoms. The third-order valence-corrected chi connectivity index (χ3v) is 1.83. The average Bonchev–Trinajstić information content (AvgIpc) is 1.80. The van der Waals surface area contributed by atoms with Crippen LogP contribution in [0.3, 0.4) is 0 Å². The Balaban J connectivity index is 2.74. The molecule has 1 aliphatic rings. The van der Waals surface area contributed by atoms with Crippen molar-refractivity contribution < 1.29 is 5.11 Å². The lowest BCUT2D eigenvalue weighted by Gasteiger charge is -2.14. The van der Waals surface area contributed by atoms with Gasteiger partial charge < -0.3 is 10.4 Å². The maximum absolute atomic E-state index is 9.06. The number of nitrogens with one attached hydrogen (secondary N) is 1. The van der Waals surface area contributed by atoms with Crippen molar-refractivity contribution in [3.63, 3.8) is 0 Å². The highest BCUT2D eigenvalue weighted by Crippen LogP contribution is 2.13. The van der Waals surface area contributed by atoms with Gasteiger partial charge in [-0.3, -0.25) is 0 Å². The molecule has 0 aliphatic carbocycles. The topological polar surface area (TPSA) is 32.3 Å². The molecule has 0 fully saturated rings. The lowest BCUT2D eigenvalue weighted by Crippen LogP contribution is -2.22. The van der Waals surface area contributed by atoms with E-state index >= 15 is 0 Å². The Morgan fingerprint density at radius 1 is 1.78 bits per heavy atom. The molecule has 0 aromatic heterocycles. The van der Waals surface area contributed by atoms with Crippen LogP contribution in [-0.2, 0) is 0 Å². The van der Waals surface area contributed by atoms with Crippen LogP contribution in [0.15, 0.2) is 23.6 Å². The summed E-state index contributed by atoms with van der Waals surface area (Å²) in [6.07, 6.45) is 3.56. The highest BCUT2D eigenvalue weighted by Gasteiger charge is 2.09. The van der Waals surface area contributed by atoms with Crippen molar-refractivity contribution in [2.75, 3.05) is 0 Å². The minimum absolute atomic E-state index is 0.110. The second kappa shape index (κ2) is 2.43. The number of alkyl halides is 1. The molecule has 0 saturated carbocycles. The Bertz CT molecular complexity index is 174. The lowest BCUT2D eigenvalue weighted by atomic mass is 10.2. The first-order valence-corrected chi connectivity index (χ1v) is 3.59. The molecule has 1 atom stereocenters. The third-order valence-electron chi connectivity index (χ3n) is 1.09. The van der Waals surface area contributed by atoms with E-state index in [2.05, 4.69) is 21.2 Å². The van der Waals surface area contributed by atoms with Crippen molar-refractivity contribution in [3.8, 4) is 0 Å². The Morgan fingerprint density at radius 2 is 2.44 bits per heavy atom. The quantitative estimate of drug-likeness (QED) is 0.449. The molecule has 0 bridgehead atoms. The number of dihydropyridines is 1. The van der Waals surface area contributed by atoms with Crippen LogP contribution in [-0.4, -0.2) is 10.1 Å². The van der Waals surface area contributed by atoms with Crippen LogP contribution in [0, 0.1) is 0 Å². The van der Waals surface area contributed by atoms with Gasteiger partial charge in [-0.1, -0.05) is 15.9 Å². The molecule has 1 rings (SSSR count). The van der Waals surface area contributed by atoms with E-state index in [1.165, 1.54) is 0 Å². The van der Waals surface area contributed by atoms with E-state index in [9.17, 15) is 0 Å². The molecular formula is C6H8BrNO. The van der Waals surface area contributed by atoms with Crippen molar-refractivity contribution in [1.82, 2.24) is 5.32 Å². The summed E-state index contributed by atoms with van der Waals surface area (Å²) in [5.41, 5.74) is 1.03. The monoisotopic (exact) mass is 189 g/mol. The van der Waals surface area contributed by atoms with Gasteiger partial charge in [0.25, 0.3) is 0 Å². The summed E-state index contributed by atoms with van der Waals surface area (Å²) in [5, 5.41) is 12.0. The summed E-state index contributed by atoms with van der Waals surface area (Å²) >= 11 is 3.21. The molecule has 50 valence electrons. The first-order valence-electron chi connectivity index (χ1n) is 2.67. The van der Waals surface area contributed by atoms with E-state index in [1.807, 2.05) is 13.1 Å². The number of halogens is 1. The molecule has 0 saturated heterocycles. The first-order chi connectivity index (χ1) is 4.20. The molecule has 0 aromatic rings. The molecule has 1 aliphatic heterocycles. The fourth-order valence-electron chi connectivity index (χ4n) is 0.638. The molecule has 0 aromatic carbocycles. The molecule has 3 heteroatoms. The maximum Gasteiger partial charge on any atom is 0.139 e. The van der Waals surface area contributed by atoms with Crippen molar-refractivity contribution in [2.24, 2.45) is 0 Å². The zero-order valence-corrected chi connectivity index (χ0v) is 6.64. The molecule has 2 N–H and O–H groups in total. The number of rotatable bonds is 0. The fourth-order valence-corrected chi connectivity index (χ4v) is 0.902. The van der Waals surface area contributed by atoms with Crippen molar-refractivity contribution in [3.05, 3.63) is 23.6 Å². The Kier molecular flexibility index (Phi) is 1.81. The largest absolute Gasteiger partial charge is 0.509 e. The number of aliphatic hydroxyl groups is 1. The predicted octanol–water partition coefficient (Wildman–Crippen LogP) is 1.66. The Hall–Kier alpha value is -0.440. The highest BCUT2D eigenvalue weighted by molar-refractivity contribution is 9.09. The van der Waals surface area contributed by atoms with Gasteiger partial charge in [0.1, 0.15) is 10.7 Å². The molecule has 1 unspecified atom stereocenters. The van der Waals surface area contributed by atoms with Gasteiger partial charge in [0.2, 0.25) is 0 Å². The number of allylic oxidation sites excluding steroid dienone is 2. The Labute approximate surface area is 62.4 Å². The summed E-state index contributed by atoms with van der Waals surface area (Å²) in [6.45, 7) is 1.92. The number of aliphatic hydroxyl groups excluding tert-OH is 1. The van der Waals surface area contributed by atoms with Crippen LogP contribution >= 0.6 is 15.9 Å². The van der Waals surface area contributed by atoms with Gasteiger partial charge >= 0.3 is 0 Å². The third kappa shape index (κ3) is 1.48. The van der Waals surface area contributed by atoms with E-state index in [1.54, 1.807) is 6.08 Å². The van der Waals surface area contributed by atoms with E-state index < -0.39 is 0 Å². The van der Waals surface area contributed by atoms with Gasteiger partial charge in [0, 0.05) is 6.20 Å². The van der Waals surface area contributed by atoms with Crippen molar-refractivity contribution >= 4 is 15.9 Å². The van der Waals surface area contributed by atoms with Gasteiger partial charge in [-0.05, 0) is 18.6 Å². The minimum atomic E-state index is -0.110. The molecule has 1 heterocycles.